The quantitative estimate of drug-likeness (QED) is 0.472. The molecule has 9 heteroatoms. The van der Waals surface area contributed by atoms with Crippen LogP contribution in [0.5, 0.6) is 5.75 Å². The predicted molar refractivity (Wildman–Crippen MR) is 89.1 cm³/mol. The van der Waals surface area contributed by atoms with Crippen molar-refractivity contribution in [2.45, 2.75) is 0 Å². The Kier molecular flexibility index (Phi) is 5.30. The molecular weight excluding hydrogens is 367 g/mol. The number of non-ortho nitro benzene ring substituents is 1. The summed E-state index contributed by atoms with van der Waals surface area (Å²) >= 11 is 17.9. The fraction of sp³-hybridized carbons (Fsp3) is 0.0714. The first-order valence-electron chi connectivity index (χ1n) is 6.12. The molecule has 0 saturated carbocycles. The van der Waals surface area contributed by atoms with E-state index in [9.17, 15) is 14.9 Å². The first-order valence-corrected chi connectivity index (χ1v) is 7.25. The van der Waals surface area contributed by atoms with Gasteiger partial charge >= 0.3 is 0 Å². The highest BCUT2D eigenvalue weighted by Gasteiger charge is 2.20. The van der Waals surface area contributed by atoms with Crippen LogP contribution in [0.4, 0.5) is 11.4 Å². The number of methoxy groups -OCH3 is 1. The van der Waals surface area contributed by atoms with Gasteiger partial charge in [0.1, 0.15) is 5.75 Å². The predicted octanol–water partition coefficient (Wildman–Crippen LogP) is 4.82. The summed E-state index contributed by atoms with van der Waals surface area (Å²) in [6.07, 6.45) is 0. The summed E-state index contributed by atoms with van der Waals surface area (Å²) in [7, 11) is 1.33. The fourth-order valence-electron chi connectivity index (χ4n) is 1.82. The molecule has 0 bridgehead atoms. The molecule has 120 valence electrons. The van der Waals surface area contributed by atoms with Crippen molar-refractivity contribution >= 4 is 52.1 Å². The minimum Gasteiger partial charge on any atom is -0.494 e. The van der Waals surface area contributed by atoms with Gasteiger partial charge in [-0.1, -0.05) is 34.8 Å². The van der Waals surface area contributed by atoms with Crippen molar-refractivity contribution in [3.63, 3.8) is 0 Å². The Labute approximate surface area is 146 Å². The van der Waals surface area contributed by atoms with Crippen molar-refractivity contribution in [3.8, 4) is 5.75 Å². The average molecular weight is 376 g/mol. The molecule has 0 heterocycles. The van der Waals surface area contributed by atoms with Gasteiger partial charge in [-0.05, 0) is 18.2 Å². The minimum atomic E-state index is -0.616. The molecule has 0 radical (unpaired) electrons. The van der Waals surface area contributed by atoms with Gasteiger partial charge in [0.2, 0.25) is 0 Å². The van der Waals surface area contributed by atoms with Gasteiger partial charge in [-0.25, -0.2) is 0 Å². The van der Waals surface area contributed by atoms with E-state index in [1.165, 1.54) is 37.4 Å². The van der Waals surface area contributed by atoms with Crippen LogP contribution in [0.25, 0.3) is 0 Å². The number of carbonyl (C=O) groups is 1. The Hall–Kier alpha value is -2.02. The molecule has 0 aliphatic rings. The zero-order valence-corrected chi connectivity index (χ0v) is 13.9. The zero-order valence-electron chi connectivity index (χ0n) is 11.6. The maximum atomic E-state index is 12.4. The molecule has 2 aromatic rings. The Morgan fingerprint density at radius 1 is 1.17 bits per heavy atom. The van der Waals surface area contributed by atoms with Crippen LogP contribution in [0.3, 0.4) is 0 Å². The van der Waals surface area contributed by atoms with Gasteiger partial charge in [0.15, 0.2) is 0 Å². The van der Waals surface area contributed by atoms with Crippen LogP contribution >= 0.6 is 34.8 Å². The highest BCUT2D eigenvalue weighted by Crippen LogP contribution is 2.34. The molecule has 0 aliphatic heterocycles. The van der Waals surface area contributed by atoms with Crippen molar-refractivity contribution in [2.75, 3.05) is 12.4 Å². The summed E-state index contributed by atoms with van der Waals surface area (Å²) in [4.78, 5) is 22.6. The van der Waals surface area contributed by atoms with Crippen LogP contribution in [-0.4, -0.2) is 17.9 Å². The van der Waals surface area contributed by atoms with Gasteiger partial charge in [0.25, 0.3) is 11.6 Å². The molecule has 0 aromatic heterocycles. The molecule has 6 nitrogen and oxygen atoms in total. The molecule has 23 heavy (non-hydrogen) atoms. The number of halogens is 3. The number of carbonyl (C=O) groups excluding carboxylic acids is 1. The van der Waals surface area contributed by atoms with Crippen LogP contribution in [0.1, 0.15) is 10.4 Å². The van der Waals surface area contributed by atoms with Crippen molar-refractivity contribution in [3.05, 3.63) is 61.1 Å². The molecule has 0 unspecified atom stereocenters. The summed E-state index contributed by atoms with van der Waals surface area (Å²) in [5.41, 5.74) is 0.0649. The lowest BCUT2D eigenvalue weighted by atomic mass is 10.2. The molecule has 1 N–H and O–H groups in total. The number of hydrogen-bond acceptors (Lipinski definition) is 4. The molecule has 2 rings (SSSR count). The molecule has 2 aromatic carbocycles. The van der Waals surface area contributed by atoms with Gasteiger partial charge in [-0.3, -0.25) is 14.9 Å². The smallest absolute Gasteiger partial charge is 0.273 e. The number of amides is 1. The Balaban J connectivity index is 2.38. The number of nitro benzene ring substituents is 1. The number of ether oxygens (including phenoxy) is 1. The topological polar surface area (TPSA) is 81.5 Å². The van der Waals surface area contributed by atoms with E-state index < -0.39 is 10.8 Å². The van der Waals surface area contributed by atoms with Gasteiger partial charge in [-0.15, -0.1) is 0 Å². The summed E-state index contributed by atoms with van der Waals surface area (Å²) in [6.45, 7) is 0. The largest absolute Gasteiger partial charge is 0.494 e. The van der Waals surface area contributed by atoms with E-state index in [2.05, 4.69) is 5.32 Å². The second-order valence-corrected chi connectivity index (χ2v) is 5.51. The summed E-state index contributed by atoms with van der Waals surface area (Å²) < 4.78 is 5.05. The molecule has 0 spiro atoms. The van der Waals surface area contributed by atoms with Crippen LogP contribution in [0.2, 0.25) is 15.1 Å². The summed E-state index contributed by atoms with van der Waals surface area (Å²) in [5.74, 6) is -0.489. The SMILES string of the molecule is COc1cc([N+](=O)[O-])ccc1NC(=O)c1c(Cl)ccc(Cl)c1Cl. The summed E-state index contributed by atoms with van der Waals surface area (Å²) in [5, 5.41) is 13.6. The van der Waals surface area contributed by atoms with E-state index in [1.54, 1.807) is 0 Å². The number of nitro groups is 1. The van der Waals surface area contributed by atoms with Crippen molar-refractivity contribution in [1.29, 1.82) is 0 Å². The maximum Gasteiger partial charge on any atom is 0.273 e. The number of nitrogens with zero attached hydrogens (tertiary/aromatic N) is 1. The normalized spacial score (nSPS) is 10.3. The van der Waals surface area contributed by atoms with E-state index in [1.807, 2.05) is 0 Å². The number of benzene rings is 2. The van der Waals surface area contributed by atoms with E-state index >= 15 is 0 Å². The van der Waals surface area contributed by atoms with Crippen molar-refractivity contribution in [1.82, 2.24) is 0 Å². The lowest BCUT2D eigenvalue weighted by Gasteiger charge is -2.12. The molecule has 0 atom stereocenters. The minimum absolute atomic E-state index is 0.00115. The van der Waals surface area contributed by atoms with Crippen molar-refractivity contribution in [2.24, 2.45) is 0 Å². The zero-order chi connectivity index (χ0) is 17.1. The summed E-state index contributed by atoms with van der Waals surface area (Å²) in [6, 6.07) is 6.69. The number of nitrogens with one attached hydrogen (secondary N) is 1. The monoisotopic (exact) mass is 374 g/mol. The Bertz CT molecular complexity index is 796. The fourth-order valence-corrected chi connectivity index (χ4v) is 2.52. The van der Waals surface area contributed by atoms with Gasteiger partial charge in [-0.2, -0.15) is 0 Å². The van der Waals surface area contributed by atoms with Crippen LogP contribution < -0.4 is 10.1 Å². The highest BCUT2D eigenvalue weighted by molar-refractivity contribution is 6.46. The second-order valence-electron chi connectivity index (χ2n) is 4.31. The lowest BCUT2D eigenvalue weighted by Crippen LogP contribution is -2.14. The number of rotatable bonds is 4. The van der Waals surface area contributed by atoms with E-state index in [4.69, 9.17) is 39.5 Å². The first-order chi connectivity index (χ1) is 10.8. The third kappa shape index (κ3) is 3.67. The van der Waals surface area contributed by atoms with Crippen LogP contribution in [-0.2, 0) is 0 Å². The van der Waals surface area contributed by atoms with E-state index in [0.717, 1.165) is 0 Å². The molecule has 0 fully saturated rings. The molecular formula is C14H9Cl3N2O4. The standard InChI is InChI=1S/C14H9Cl3N2O4/c1-23-11-6-7(19(21)22)2-5-10(11)18-14(20)12-8(15)3-4-9(16)13(12)17/h2-6H,1H3,(H,18,20). The number of hydrogen-bond donors (Lipinski definition) is 1. The van der Waals surface area contributed by atoms with Gasteiger partial charge in [0, 0.05) is 6.07 Å². The lowest BCUT2D eigenvalue weighted by molar-refractivity contribution is -0.384. The van der Waals surface area contributed by atoms with E-state index in [-0.39, 0.29) is 37.8 Å². The Morgan fingerprint density at radius 2 is 1.83 bits per heavy atom. The average Bonchev–Trinajstić information content (AvgIpc) is 2.51. The Morgan fingerprint density at radius 3 is 2.43 bits per heavy atom. The number of anilines is 1. The van der Waals surface area contributed by atoms with Gasteiger partial charge in [0.05, 0.1) is 44.4 Å². The second kappa shape index (κ2) is 7.04. The highest BCUT2D eigenvalue weighted by atomic mass is 35.5. The molecule has 1 amide bonds. The third-order valence-electron chi connectivity index (χ3n) is 2.92. The molecule has 0 aliphatic carbocycles. The third-order valence-corrected chi connectivity index (χ3v) is 4.03. The van der Waals surface area contributed by atoms with Crippen molar-refractivity contribution < 1.29 is 14.5 Å². The maximum absolute atomic E-state index is 12.4. The van der Waals surface area contributed by atoms with Crippen LogP contribution in [0, 0.1) is 10.1 Å². The molecule has 0 saturated heterocycles. The first kappa shape index (κ1) is 17.3. The van der Waals surface area contributed by atoms with Crippen LogP contribution in [0.15, 0.2) is 30.3 Å². The van der Waals surface area contributed by atoms with Gasteiger partial charge < -0.3 is 10.1 Å². The van der Waals surface area contributed by atoms with E-state index in [0.29, 0.717) is 0 Å².